The number of hydrogen-bond acceptors (Lipinski definition) is 3. The zero-order valence-corrected chi connectivity index (χ0v) is 15.5. The Morgan fingerprint density at radius 2 is 1.80 bits per heavy atom. The number of carbonyl (C=O) groups is 3. The highest BCUT2D eigenvalue weighted by Crippen LogP contribution is 2.18. The van der Waals surface area contributed by atoms with Crippen LogP contribution < -0.4 is 10.6 Å². The summed E-state index contributed by atoms with van der Waals surface area (Å²) in [5, 5.41) is 14.7. The lowest BCUT2D eigenvalue weighted by atomic mass is 10.0. The number of hydrogen-bond donors (Lipinski definition) is 3. The van der Waals surface area contributed by atoms with Gasteiger partial charge in [-0.05, 0) is 30.4 Å². The third-order valence-corrected chi connectivity index (χ3v) is 4.06. The van der Waals surface area contributed by atoms with Gasteiger partial charge in [0.25, 0.3) is 0 Å². The van der Waals surface area contributed by atoms with E-state index in [-0.39, 0.29) is 24.3 Å². The average molecular weight is 369 g/mol. The molecule has 1 aromatic carbocycles. The van der Waals surface area contributed by atoms with Gasteiger partial charge in [0.1, 0.15) is 6.04 Å². The minimum atomic E-state index is -1.08. The van der Waals surface area contributed by atoms with Gasteiger partial charge in [0.2, 0.25) is 11.8 Å². The number of amides is 2. The summed E-state index contributed by atoms with van der Waals surface area (Å²) in [7, 11) is 0. The Kier molecular flexibility index (Phi) is 8.41. The quantitative estimate of drug-likeness (QED) is 0.623. The molecule has 0 aliphatic heterocycles. The summed E-state index contributed by atoms with van der Waals surface area (Å²) in [5.41, 5.74) is 0.860. The maximum absolute atomic E-state index is 12.1. The molecule has 0 heterocycles. The van der Waals surface area contributed by atoms with E-state index in [1.807, 2.05) is 32.0 Å². The lowest BCUT2D eigenvalue weighted by molar-refractivity contribution is -0.142. The molecule has 0 aliphatic rings. The van der Waals surface area contributed by atoms with E-state index < -0.39 is 17.9 Å². The highest BCUT2D eigenvalue weighted by atomic mass is 35.5. The van der Waals surface area contributed by atoms with Crippen LogP contribution in [0.25, 0.3) is 0 Å². The van der Waals surface area contributed by atoms with Crippen molar-refractivity contribution in [3.8, 4) is 0 Å². The van der Waals surface area contributed by atoms with Gasteiger partial charge in [-0.15, -0.1) is 0 Å². The number of aliphatic carboxylic acids is 1. The van der Waals surface area contributed by atoms with Crippen molar-refractivity contribution in [1.82, 2.24) is 10.6 Å². The van der Waals surface area contributed by atoms with E-state index in [1.54, 1.807) is 13.0 Å². The minimum absolute atomic E-state index is 0.131. The van der Waals surface area contributed by atoms with Crippen LogP contribution in [0.5, 0.6) is 0 Å². The normalized spacial score (nSPS) is 13.2. The second-order valence-corrected chi connectivity index (χ2v) is 6.91. The van der Waals surface area contributed by atoms with Crippen molar-refractivity contribution in [2.75, 3.05) is 6.54 Å². The largest absolute Gasteiger partial charge is 0.480 e. The first-order valence-electron chi connectivity index (χ1n) is 8.24. The van der Waals surface area contributed by atoms with E-state index in [0.717, 1.165) is 5.56 Å². The Hall–Kier alpha value is -2.08. The lowest BCUT2D eigenvalue weighted by Crippen LogP contribution is -2.46. The van der Waals surface area contributed by atoms with Crippen molar-refractivity contribution in [2.24, 2.45) is 11.8 Å². The van der Waals surface area contributed by atoms with Crippen molar-refractivity contribution < 1.29 is 19.5 Å². The fourth-order valence-corrected chi connectivity index (χ4v) is 2.58. The molecular formula is C18H25ClN2O4. The number of halogens is 1. The minimum Gasteiger partial charge on any atom is -0.480 e. The Balaban J connectivity index is 2.47. The number of carbonyl (C=O) groups excluding carboxylic acids is 2. The molecule has 1 aromatic rings. The smallest absolute Gasteiger partial charge is 0.326 e. The SMILES string of the molecule is CC(C)C[C@H](NC(=O)CNC(=O)C(C)Cc1ccccc1Cl)C(=O)O. The summed E-state index contributed by atoms with van der Waals surface area (Å²) < 4.78 is 0. The van der Waals surface area contributed by atoms with E-state index in [1.165, 1.54) is 0 Å². The molecule has 6 nitrogen and oxygen atoms in total. The van der Waals surface area contributed by atoms with Crippen LogP contribution in [0.15, 0.2) is 24.3 Å². The molecule has 2 amide bonds. The average Bonchev–Trinajstić information content (AvgIpc) is 2.53. The third kappa shape index (κ3) is 7.56. The van der Waals surface area contributed by atoms with Gasteiger partial charge in [-0.2, -0.15) is 0 Å². The molecule has 25 heavy (non-hydrogen) atoms. The Bertz CT molecular complexity index is 619. The molecule has 0 aromatic heterocycles. The third-order valence-electron chi connectivity index (χ3n) is 3.70. The van der Waals surface area contributed by atoms with Crippen molar-refractivity contribution in [3.05, 3.63) is 34.9 Å². The summed E-state index contributed by atoms with van der Waals surface area (Å²) in [6, 6.07) is 6.32. The Labute approximate surface area is 152 Å². The molecule has 0 aliphatic carbocycles. The lowest BCUT2D eigenvalue weighted by Gasteiger charge is -2.17. The molecule has 0 saturated heterocycles. The van der Waals surface area contributed by atoms with E-state index in [4.69, 9.17) is 16.7 Å². The number of rotatable bonds is 9. The van der Waals surface area contributed by atoms with Gasteiger partial charge in [0.05, 0.1) is 6.54 Å². The van der Waals surface area contributed by atoms with Crippen molar-refractivity contribution in [2.45, 2.75) is 39.7 Å². The number of carboxylic acid groups (broad SMARTS) is 1. The molecule has 3 N–H and O–H groups in total. The first-order chi connectivity index (χ1) is 11.7. The van der Waals surface area contributed by atoms with Crippen LogP contribution in [0, 0.1) is 11.8 Å². The molecule has 1 rings (SSSR count). The Morgan fingerprint density at radius 3 is 2.36 bits per heavy atom. The molecular weight excluding hydrogens is 344 g/mol. The van der Waals surface area contributed by atoms with Crippen LogP contribution in [0.2, 0.25) is 5.02 Å². The molecule has 0 radical (unpaired) electrons. The Morgan fingerprint density at radius 1 is 1.16 bits per heavy atom. The maximum atomic E-state index is 12.1. The number of benzene rings is 1. The second-order valence-electron chi connectivity index (χ2n) is 6.50. The van der Waals surface area contributed by atoms with Crippen LogP contribution in [0.3, 0.4) is 0 Å². The van der Waals surface area contributed by atoms with Crippen LogP contribution >= 0.6 is 11.6 Å². The van der Waals surface area contributed by atoms with Gasteiger partial charge >= 0.3 is 5.97 Å². The zero-order chi connectivity index (χ0) is 19.0. The summed E-state index contributed by atoms with van der Waals surface area (Å²) in [6.45, 7) is 5.24. The van der Waals surface area contributed by atoms with E-state index in [0.29, 0.717) is 17.9 Å². The van der Waals surface area contributed by atoms with Crippen LogP contribution in [-0.4, -0.2) is 35.5 Å². The topological polar surface area (TPSA) is 95.5 Å². The summed E-state index contributed by atoms with van der Waals surface area (Å²) in [4.78, 5) is 35.1. The van der Waals surface area contributed by atoms with Crippen molar-refractivity contribution in [3.63, 3.8) is 0 Å². The van der Waals surface area contributed by atoms with Gasteiger partial charge in [-0.1, -0.05) is 50.6 Å². The van der Waals surface area contributed by atoms with Crippen LogP contribution in [-0.2, 0) is 20.8 Å². The van der Waals surface area contributed by atoms with Crippen LogP contribution in [0.1, 0.15) is 32.8 Å². The predicted octanol–water partition coefficient (Wildman–Crippen LogP) is 2.25. The predicted molar refractivity (Wildman–Crippen MR) is 96.4 cm³/mol. The fraction of sp³-hybridized carbons (Fsp3) is 0.500. The molecule has 138 valence electrons. The highest BCUT2D eigenvalue weighted by Gasteiger charge is 2.22. The molecule has 0 spiro atoms. The van der Waals surface area contributed by atoms with E-state index >= 15 is 0 Å². The first kappa shape index (κ1) is 21.0. The van der Waals surface area contributed by atoms with E-state index in [2.05, 4.69) is 10.6 Å². The first-order valence-corrected chi connectivity index (χ1v) is 8.61. The van der Waals surface area contributed by atoms with Gasteiger partial charge < -0.3 is 15.7 Å². The highest BCUT2D eigenvalue weighted by molar-refractivity contribution is 6.31. The standard InChI is InChI=1S/C18H25ClN2O4/c1-11(2)8-15(18(24)25)21-16(22)10-20-17(23)12(3)9-13-6-4-5-7-14(13)19/h4-7,11-12,15H,8-10H2,1-3H3,(H,20,23)(H,21,22)(H,24,25)/t12?,15-/m0/s1. The molecule has 7 heteroatoms. The van der Waals surface area contributed by atoms with Gasteiger partial charge in [-0.3, -0.25) is 9.59 Å². The fourth-order valence-electron chi connectivity index (χ4n) is 2.37. The van der Waals surface area contributed by atoms with E-state index in [9.17, 15) is 14.4 Å². The van der Waals surface area contributed by atoms with Crippen LogP contribution in [0.4, 0.5) is 0 Å². The number of carboxylic acids is 1. The number of nitrogens with one attached hydrogen (secondary N) is 2. The van der Waals surface area contributed by atoms with Gasteiger partial charge in [0.15, 0.2) is 0 Å². The second kappa shape index (κ2) is 10.0. The monoisotopic (exact) mass is 368 g/mol. The molecule has 2 atom stereocenters. The molecule has 0 saturated carbocycles. The zero-order valence-electron chi connectivity index (χ0n) is 14.7. The molecule has 1 unspecified atom stereocenters. The summed E-state index contributed by atoms with van der Waals surface area (Å²) in [6.07, 6.45) is 0.788. The molecule has 0 fully saturated rings. The van der Waals surface area contributed by atoms with Crippen molar-refractivity contribution in [1.29, 1.82) is 0 Å². The van der Waals surface area contributed by atoms with Gasteiger partial charge in [-0.25, -0.2) is 4.79 Å². The molecule has 0 bridgehead atoms. The van der Waals surface area contributed by atoms with Crippen molar-refractivity contribution >= 4 is 29.4 Å². The maximum Gasteiger partial charge on any atom is 0.326 e. The summed E-state index contributed by atoms with van der Waals surface area (Å²) in [5.74, 6) is -2.12. The summed E-state index contributed by atoms with van der Waals surface area (Å²) >= 11 is 6.08. The van der Waals surface area contributed by atoms with Gasteiger partial charge in [0, 0.05) is 10.9 Å².